The van der Waals surface area contributed by atoms with Crippen molar-refractivity contribution in [2.45, 2.75) is 26.6 Å². The number of fused-ring (bicyclic) bond motifs is 1. The second-order valence-corrected chi connectivity index (χ2v) is 8.32. The molecule has 4 rings (SSSR count). The van der Waals surface area contributed by atoms with Crippen molar-refractivity contribution in [3.05, 3.63) is 96.8 Å². The number of amides is 1. The van der Waals surface area contributed by atoms with E-state index in [0.717, 1.165) is 15.0 Å². The van der Waals surface area contributed by atoms with Crippen molar-refractivity contribution in [1.82, 2.24) is 14.5 Å². The molecule has 8 heteroatoms. The molecule has 2 aromatic carbocycles. The number of benzene rings is 2. The molecule has 0 radical (unpaired) electrons. The standard InChI is InChI=1S/C24H23N3O4S/c1-3-27-23(29)19-11-10-16(13-20(19)25-24(27)30)22(28)26(15-18-8-6-12-32-18)14-17-7-4-5-9-21(17)31-2/h4-13H,3,14-15H2,1-2H3,(H,25,30). The molecule has 0 atom stereocenters. The number of methoxy groups -OCH3 is 1. The zero-order chi connectivity index (χ0) is 22.7. The minimum Gasteiger partial charge on any atom is -0.496 e. The SMILES string of the molecule is CCn1c(=O)[nH]c2cc(C(=O)N(Cc3cccs3)Cc3ccccc3OC)ccc2c1=O. The normalized spacial score (nSPS) is 10.9. The van der Waals surface area contributed by atoms with Gasteiger partial charge < -0.3 is 14.6 Å². The van der Waals surface area contributed by atoms with Crippen LogP contribution in [-0.4, -0.2) is 27.5 Å². The molecule has 0 fully saturated rings. The van der Waals surface area contributed by atoms with E-state index >= 15 is 0 Å². The summed E-state index contributed by atoms with van der Waals surface area (Å²) in [7, 11) is 1.60. The highest BCUT2D eigenvalue weighted by Gasteiger charge is 2.20. The van der Waals surface area contributed by atoms with Crippen molar-refractivity contribution in [2.75, 3.05) is 7.11 Å². The van der Waals surface area contributed by atoms with Gasteiger partial charge in [0.05, 0.1) is 31.1 Å². The van der Waals surface area contributed by atoms with Crippen molar-refractivity contribution in [2.24, 2.45) is 0 Å². The first-order valence-electron chi connectivity index (χ1n) is 10.2. The number of H-pyrrole nitrogens is 1. The Morgan fingerprint density at radius 2 is 1.91 bits per heavy atom. The minimum atomic E-state index is -0.487. The van der Waals surface area contributed by atoms with E-state index in [1.54, 1.807) is 48.5 Å². The number of ether oxygens (including phenoxy) is 1. The van der Waals surface area contributed by atoms with Crippen LogP contribution in [-0.2, 0) is 19.6 Å². The zero-order valence-electron chi connectivity index (χ0n) is 17.8. The maximum Gasteiger partial charge on any atom is 0.328 e. The third kappa shape index (κ3) is 4.22. The second-order valence-electron chi connectivity index (χ2n) is 7.29. The molecule has 32 heavy (non-hydrogen) atoms. The number of nitrogens with one attached hydrogen (secondary N) is 1. The number of aromatic amines is 1. The van der Waals surface area contributed by atoms with E-state index in [0.29, 0.717) is 35.3 Å². The fraction of sp³-hybridized carbons (Fsp3) is 0.208. The Morgan fingerprint density at radius 1 is 1.09 bits per heavy atom. The Kier molecular flexibility index (Phi) is 6.23. The molecule has 0 saturated heterocycles. The van der Waals surface area contributed by atoms with Gasteiger partial charge in [-0.15, -0.1) is 11.3 Å². The summed E-state index contributed by atoms with van der Waals surface area (Å²) in [5.74, 6) is 0.506. The van der Waals surface area contributed by atoms with Gasteiger partial charge in [0.2, 0.25) is 0 Å². The van der Waals surface area contributed by atoms with Crippen LogP contribution in [0.15, 0.2) is 69.6 Å². The lowest BCUT2D eigenvalue weighted by atomic mass is 10.1. The van der Waals surface area contributed by atoms with Crippen LogP contribution in [0.25, 0.3) is 10.9 Å². The monoisotopic (exact) mass is 449 g/mol. The Bertz CT molecular complexity index is 1370. The van der Waals surface area contributed by atoms with E-state index < -0.39 is 5.69 Å². The van der Waals surface area contributed by atoms with Gasteiger partial charge in [-0.1, -0.05) is 24.3 Å². The number of carbonyl (C=O) groups excluding carboxylic acids is 1. The molecule has 0 saturated carbocycles. The van der Waals surface area contributed by atoms with Crippen LogP contribution in [0, 0.1) is 0 Å². The van der Waals surface area contributed by atoms with Crippen molar-refractivity contribution < 1.29 is 9.53 Å². The van der Waals surface area contributed by atoms with Gasteiger partial charge in [-0.25, -0.2) is 4.79 Å². The van der Waals surface area contributed by atoms with Gasteiger partial charge in [-0.3, -0.25) is 14.2 Å². The number of rotatable bonds is 7. The molecule has 164 valence electrons. The van der Waals surface area contributed by atoms with Gasteiger partial charge in [-0.2, -0.15) is 0 Å². The predicted octanol–water partition coefficient (Wildman–Crippen LogP) is 3.62. The van der Waals surface area contributed by atoms with Gasteiger partial charge >= 0.3 is 5.69 Å². The van der Waals surface area contributed by atoms with E-state index in [2.05, 4.69) is 4.98 Å². The quantitative estimate of drug-likeness (QED) is 0.467. The smallest absolute Gasteiger partial charge is 0.328 e. The summed E-state index contributed by atoms with van der Waals surface area (Å²) in [6.45, 7) is 2.80. The number of aromatic nitrogens is 2. The first-order chi connectivity index (χ1) is 15.5. The highest BCUT2D eigenvalue weighted by atomic mass is 32.1. The minimum absolute atomic E-state index is 0.202. The van der Waals surface area contributed by atoms with Crippen molar-refractivity contribution in [1.29, 1.82) is 0 Å². The molecule has 0 aliphatic carbocycles. The van der Waals surface area contributed by atoms with Gasteiger partial charge in [-0.05, 0) is 42.6 Å². The molecule has 0 aliphatic rings. The first kappa shape index (κ1) is 21.6. The van der Waals surface area contributed by atoms with Crippen LogP contribution >= 0.6 is 11.3 Å². The Labute approximate surface area is 188 Å². The number of para-hydroxylation sites is 1. The average molecular weight is 450 g/mol. The van der Waals surface area contributed by atoms with Crippen LogP contribution in [0.5, 0.6) is 5.75 Å². The van der Waals surface area contributed by atoms with Crippen LogP contribution in [0.4, 0.5) is 0 Å². The summed E-state index contributed by atoms with van der Waals surface area (Å²) in [5, 5.41) is 2.35. The zero-order valence-corrected chi connectivity index (χ0v) is 18.6. The molecular formula is C24H23N3O4S. The largest absolute Gasteiger partial charge is 0.496 e. The third-order valence-electron chi connectivity index (χ3n) is 5.31. The van der Waals surface area contributed by atoms with E-state index in [9.17, 15) is 14.4 Å². The summed E-state index contributed by atoms with van der Waals surface area (Å²) in [6.07, 6.45) is 0. The van der Waals surface area contributed by atoms with E-state index in [-0.39, 0.29) is 18.0 Å². The van der Waals surface area contributed by atoms with Crippen LogP contribution in [0.1, 0.15) is 27.7 Å². The summed E-state index contributed by atoms with van der Waals surface area (Å²) >= 11 is 1.58. The fourth-order valence-corrected chi connectivity index (χ4v) is 4.41. The highest BCUT2D eigenvalue weighted by molar-refractivity contribution is 7.09. The molecule has 0 bridgehead atoms. The van der Waals surface area contributed by atoms with E-state index in [4.69, 9.17) is 4.74 Å². The maximum atomic E-state index is 13.5. The van der Waals surface area contributed by atoms with Crippen molar-refractivity contribution in [3.8, 4) is 5.75 Å². The average Bonchev–Trinajstić information content (AvgIpc) is 3.31. The lowest BCUT2D eigenvalue weighted by Crippen LogP contribution is -2.34. The van der Waals surface area contributed by atoms with Crippen molar-refractivity contribution >= 4 is 28.1 Å². The fourth-order valence-electron chi connectivity index (χ4n) is 3.69. The van der Waals surface area contributed by atoms with Gasteiger partial charge in [0.15, 0.2) is 0 Å². The molecule has 7 nitrogen and oxygen atoms in total. The second kappa shape index (κ2) is 9.23. The third-order valence-corrected chi connectivity index (χ3v) is 6.17. The number of hydrogen-bond acceptors (Lipinski definition) is 5. The number of hydrogen-bond donors (Lipinski definition) is 1. The van der Waals surface area contributed by atoms with Gasteiger partial charge in [0.25, 0.3) is 11.5 Å². The van der Waals surface area contributed by atoms with Gasteiger partial charge in [0, 0.05) is 22.5 Å². The topological polar surface area (TPSA) is 84.4 Å². The summed E-state index contributed by atoms with van der Waals surface area (Å²) < 4.78 is 6.59. The predicted molar refractivity (Wildman–Crippen MR) is 125 cm³/mol. The molecule has 0 unspecified atom stereocenters. The number of thiophene rings is 1. The Hall–Kier alpha value is -3.65. The molecule has 4 aromatic rings. The van der Waals surface area contributed by atoms with Gasteiger partial charge in [0.1, 0.15) is 5.75 Å². The summed E-state index contributed by atoms with van der Waals surface area (Å²) in [6, 6.07) is 16.3. The molecule has 2 aromatic heterocycles. The Morgan fingerprint density at radius 3 is 2.62 bits per heavy atom. The summed E-state index contributed by atoms with van der Waals surface area (Å²) in [5.41, 5.74) is 0.783. The Balaban J connectivity index is 1.73. The lowest BCUT2D eigenvalue weighted by molar-refractivity contribution is 0.0731. The molecule has 0 aliphatic heterocycles. The van der Waals surface area contributed by atoms with Crippen LogP contribution in [0.3, 0.4) is 0 Å². The first-order valence-corrected chi connectivity index (χ1v) is 11.1. The van der Waals surface area contributed by atoms with E-state index in [1.165, 1.54) is 0 Å². The molecule has 0 spiro atoms. The molecule has 1 N–H and O–H groups in total. The van der Waals surface area contributed by atoms with Crippen LogP contribution in [0.2, 0.25) is 0 Å². The molecule has 1 amide bonds. The molecule has 2 heterocycles. The number of carbonyl (C=O) groups is 1. The maximum absolute atomic E-state index is 13.5. The van der Waals surface area contributed by atoms with Crippen molar-refractivity contribution in [3.63, 3.8) is 0 Å². The summed E-state index contributed by atoms with van der Waals surface area (Å²) in [4.78, 5) is 43.8. The molecular weight excluding hydrogens is 426 g/mol. The van der Waals surface area contributed by atoms with Crippen LogP contribution < -0.4 is 16.0 Å². The van der Waals surface area contributed by atoms with E-state index in [1.807, 2.05) is 41.8 Å². The lowest BCUT2D eigenvalue weighted by Gasteiger charge is -2.23. The number of nitrogens with zero attached hydrogens (tertiary/aromatic N) is 2. The highest BCUT2D eigenvalue weighted by Crippen LogP contribution is 2.23.